The normalized spacial score (nSPS) is 14.5. The molecule has 0 bridgehead atoms. The van der Waals surface area contributed by atoms with Crippen LogP contribution in [0.5, 0.6) is 0 Å². The van der Waals surface area contributed by atoms with Crippen LogP contribution in [0.1, 0.15) is 29.4 Å². The predicted octanol–water partition coefficient (Wildman–Crippen LogP) is 2.63. The van der Waals surface area contributed by atoms with Crippen molar-refractivity contribution >= 4 is 27.8 Å². The van der Waals surface area contributed by atoms with Gasteiger partial charge in [0.1, 0.15) is 5.69 Å². The van der Waals surface area contributed by atoms with Crippen LogP contribution >= 0.6 is 15.9 Å². The highest BCUT2D eigenvalue weighted by atomic mass is 79.9. The maximum absolute atomic E-state index is 12.1. The lowest BCUT2D eigenvalue weighted by Gasteiger charge is -2.07. The topological polar surface area (TPSA) is 59.8 Å². The van der Waals surface area contributed by atoms with E-state index in [1.165, 1.54) is 0 Å². The zero-order chi connectivity index (χ0) is 12.5. The van der Waals surface area contributed by atoms with Gasteiger partial charge < -0.3 is 4.57 Å². The Balaban J connectivity index is 1.84. The highest BCUT2D eigenvalue weighted by molar-refractivity contribution is 9.10. The van der Waals surface area contributed by atoms with Gasteiger partial charge in [-0.3, -0.25) is 10.1 Å². The van der Waals surface area contributed by atoms with Crippen LogP contribution in [0, 0.1) is 0 Å². The summed E-state index contributed by atoms with van der Waals surface area (Å²) in [6.45, 7) is 0. The van der Waals surface area contributed by atoms with Gasteiger partial charge in [-0.05, 0) is 40.9 Å². The molecule has 0 aliphatic heterocycles. The summed E-state index contributed by atoms with van der Waals surface area (Å²) >= 11 is 3.40. The van der Waals surface area contributed by atoms with E-state index in [1.807, 2.05) is 16.8 Å². The fourth-order valence-corrected chi connectivity index (χ4v) is 2.25. The summed E-state index contributed by atoms with van der Waals surface area (Å²) in [5.41, 5.74) is 0.636. The van der Waals surface area contributed by atoms with Gasteiger partial charge in [0.15, 0.2) is 0 Å². The van der Waals surface area contributed by atoms with Crippen LogP contribution in [0.4, 0.5) is 5.95 Å². The van der Waals surface area contributed by atoms with Crippen LogP contribution in [0.25, 0.3) is 0 Å². The molecule has 1 N–H and O–H groups in total. The van der Waals surface area contributed by atoms with Gasteiger partial charge in [-0.2, -0.15) is 0 Å². The molecule has 0 aromatic carbocycles. The second kappa shape index (κ2) is 4.53. The minimum atomic E-state index is -0.182. The maximum atomic E-state index is 12.1. The molecule has 2 aromatic heterocycles. The van der Waals surface area contributed by atoms with E-state index >= 15 is 0 Å². The number of amides is 1. The first kappa shape index (κ1) is 11.4. The van der Waals surface area contributed by atoms with E-state index in [9.17, 15) is 4.79 Å². The molecule has 0 saturated heterocycles. The van der Waals surface area contributed by atoms with Crippen LogP contribution in [0.3, 0.4) is 0 Å². The molecule has 0 spiro atoms. The van der Waals surface area contributed by atoms with E-state index in [1.54, 1.807) is 18.5 Å². The van der Waals surface area contributed by atoms with E-state index in [0.717, 1.165) is 17.3 Å². The first-order valence-electron chi connectivity index (χ1n) is 5.70. The standard InChI is InChI=1S/C12H11BrN4O/c13-8-6-10(17(7-8)9-2-3-9)11(18)16-12-14-4-1-5-15-12/h1,4-7,9H,2-3H2,(H,14,15,16,18). The summed E-state index contributed by atoms with van der Waals surface area (Å²) in [5.74, 6) is 0.140. The number of rotatable bonds is 3. The van der Waals surface area contributed by atoms with Crippen LogP contribution < -0.4 is 5.32 Å². The van der Waals surface area contributed by atoms with Gasteiger partial charge in [0.05, 0.1) is 0 Å². The highest BCUT2D eigenvalue weighted by Gasteiger charge is 2.27. The number of hydrogen-bond acceptors (Lipinski definition) is 3. The molecule has 1 aliphatic rings. The zero-order valence-corrected chi connectivity index (χ0v) is 11.1. The Labute approximate surface area is 112 Å². The third-order valence-corrected chi connectivity index (χ3v) is 3.21. The zero-order valence-electron chi connectivity index (χ0n) is 9.51. The predicted molar refractivity (Wildman–Crippen MR) is 70.4 cm³/mol. The number of hydrogen-bond donors (Lipinski definition) is 1. The average Bonchev–Trinajstić information content (AvgIpc) is 3.13. The van der Waals surface area contributed by atoms with Gasteiger partial charge >= 0.3 is 0 Å². The molecule has 92 valence electrons. The van der Waals surface area contributed by atoms with Crippen molar-refractivity contribution in [2.24, 2.45) is 0 Å². The molecule has 0 unspecified atom stereocenters. The molecule has 0 radical (unpaired) electrons. The number of aromatic nitrogens is 3. The molecule has 1 saturated carbocycles. The summed E-state index contributed by atoms with van der Waals surface area (Å²) in [4.78, 5) is 20.1. The van der Waals surface area contributed by atoms with E-state index < -0.39 is 0 Å². The summed E-state index contributed by atoms with van der Waals surface area (Å²) in [7, 11) is 0. The van der Waals surface area contributed by atoms with Gasteiger partial charge in [0, 0.05) is 29.1 Å². The van der Waals surface area contributed by atoms with Crippen molar-refractivity contribution < 1.29 is 4.79 Å². The lowest BCUT2D eigenvalue weighted by atomic mass is 10.4. The number of nitrogens with zero attached hydrogens (tertiary/aromatic N) is 3. The molecule has 2 aromatic rings. The molecule has 1 fully saturated rings. The second-order valence-corrected chi connectivity index (χ2v) is 5.12. The second-order valence-electron chi connectivity index (χ2n) is 4.21. The van der Waals surface area contributed by atoms with Crippen molar-refractivity contribution in [2.45, 2.75) is 18.9 Å². The third-order valence-electron chi connectivity index (χ3n) is 2.78. The van der Waals surface area contributed by atoms with Gasteiger partial charge in [-0.25, -0.2) is 9.97 Å². The molecule has 6 heteroatoms. The Morgan fingerprint density at radius 1 is 1.39 bits per heavy atom. The SMILES string of the molecule is O=C(Nc1ncccn1)c1cc(Br)cn1C1CC1. The molecular formula is C12H11BrN4O. The van der Waals surface area contributed by atoms with Crippen molar-refractivity contribution in [3.8, 4) is 0 Å². The molecule has 1 amide bonds. The largest absolute Gasteiger partial charge is 0.339 e. The van der Waals surface area contributed by atoms with Crippen LogP contribution in [-0.4, -0.2) is 20.4 Å². The van der Waals surface area contributed by atoms with Gasteiger partial charge in [-0.15, -0.1) is 0 Å². The van der Waals surface area contributed by atoms with Gasteiger partial charge in [0.2, 0.25) is 5.95 Å². The summed E-state index contributed by atoms with van der Waals surface area (Å²) in [6.07, 6.45) is 7.39. The minimum Gasteiger partial charge on any atom is -0.339 e. The Morgan fingerprint density at radius 3 is 2.78 bits per heavy atom. The van der Waals surface area contributed by atoms with Crippen molar-refractivity contribution in [3.05, 3.63) is 40.9 Å². The first-order chi connectivity index (χ1) is 8.74. The molecule has 3 rings (SSSR count). The Bertz CT molecular complexity index is 577. The average molecular weight is 307 g/mol. The van der Waals surface area contributed by atoms with E-state index in [0.29, 0.717) is 17.7 Å². The molecule has 5 nitrogen and oxygen atoms in total. The first-order valence-corrected chi connectivity index (χ1v) is 6.49. The fourth-order valence-electron chi connectivity index (χ4n) is 1.81. The number of carbonyl (C=O) groups is 1. The van der Waals surface area contributed by atoms with Crippen LogP contribution in [0.2, 0.25) is 0 Å². The van der Waals surface area contributed by atoms with Crippen molar-refractivity contribution in [1.82, 2.24) is 14.5 Å². The number of carbonyl (C=O) groups excluding carboxylic acids is 1. The lowest BCUT2D eigenvalue weighted by Crippen LogP contribution is -2.17. The molecule has 1 aliphatic carbocycles. The Kier molecular flexibility index (Phi) is 2.87. The molecule has 0 atom stereocenters. The van der Waals surface area contributed by atoms with Crippen LogP contribution in [0.15, 0.2) is 35.2 Å². The summed E-state index contributed by atoms with van der Waals surface area (Å²) in [6, 6.07) is 3.98. The Hall–Kier alpha value is -1.69. The molecule has 2 heterocycles. The van der Waals surface area contributed by atoms with Gasteiger partial charge in [0.25, 0.3) is 5.91 Å². The third kappa shape index (κ3) is 2.28. The number of anilines is 1. The highest BCUT2D eigenvalue weighted by Crippen LogP contribution is 2.37. The summed E-state index contributed by atoms with van der Waals surface area (Å²) < 4.78 is 2.91. The fraction of sp³-hybridized carbons (Fsp3) is 0.250. The molecular weight excluding hydrogens is 296 g/mol. The van der Waals surface area contributed by atoms with E-state index in [2.05, 4.69) is 31.2 Å². The lowest BCUT2D eigenvalue weighted by molar-refractivity contribution is 0.101. The Morgan fingerprint density at radius 2 is 2.11 bits per heavy atom. The van der Waals surface area contributed by atoms with E-state index in [-0.39, 0.29) is 5.91 Å². The number of nitrogens with one attached hydrogen (secondary N) is 1. The summed E-state index contributed by atoms with van der Waals surface area (Å²) in [5, 5.41) is 2.69. The smallest absolute Gasteiger partial charge is 0.274 e. The monoisotopic (exact) mass is 306 g/mol. The number of halogens is 1. The van der Waals surface area contributed by atoms with Crippen molar-refractivity contribution in [1.29, 1.82) is 0 Å². The maximum Gasteiger partial charge on any atom is 0.274 e. The van der Waals surface area contributed by atoms with Gasteiger partial charge in [-0.1, -0.05) is 0 Å². The quantitative estimate of drug-likeness (QED) is 0.948. The van der Waals surface area contributed by atoms with Crippen LogP contribution in [-0.2, 0) is 0 Å². The molecule has 18 heavy (non-hydrogen) atoms. The van der Waals surface area contributed by atoms with Crippen molar-refractivity contribution in [2.75, 3.05) is 5.32 Å². The van der Waals surface area contributed by atoms with E-state index in [4.69, 9.17) is 0 Å². The van der Waals surface area contributed by atoms with Crippen molar-refractivity contribution in [3.63, 3.8) is 0 Å². The minimum absolute atomic E-state index is 0.182.